The van der Waals surface area contributed by atoms with Gasteiger partial charge in [0.25, 0.3) is 5.91 Å². The summed E-state index contributed by atoms with van der Waals surface area (Å²) in [5.74, 6) is -0.207. The summed E-state index contributed by atoms with van der Waals surface area (Å²) in [7, 11) is 0. The molecule has 2 aromatic rings. The summed E-state index contributed by atoms with van der Waals surface area (Å²) in [6, 6.07) is 6.51. The van der Waals surface area contributed by atoms with E-state index in [1.54, 1.807) is 12.1 Å². The van der Waals surface area contributed by atoms with Crippen molar-refractivity contribution >= 4 is 42.1 Å². The smallest absolute Gasteiger partial charge is 0.265 e. The average molecular weight is 434 g/mol. The first kappa shape index (κ1) is 23.8. The minimum atomic E-state index is -0.249. The Morgan fingerprint density at radius 1 is 1.33 bits per heavy atom. The Kier molecular flexibility index (Phi) is 8.23. The molecule has 1 unspecified atom stereocenters. The van der Waals surface area contributed by atoms with Crippen LogP contribution in [0.5, 0.6) is 0 Å². The highest BCUT2D eigenvalue weighted by Crippen LogP contribution is 2.30. The fourth-order valence-corrected chi connectivity index (χ4v) is 4.26. The lowest BCUT2D eigenvalue weighted by atomic mass is 9.79. The Morgan fingerprint density at radius 3 is 2.56 bits per heavy atom. The zero-order valence-electron chi connectivity index (χ0n) is 15.7. The molecule has 0 radical (unpaired) electrons. The van der Waals surface area contributed by atoms with E-state index in [1.807, 2.05) is 11.8 Å². The number of rotatable bonds is 3. The number of carbonyl (C=O) groups is 1. The van der Waals surface area contributed by atoms with Gasteiger partial charge >= 0.3 is 0 Å². The van der Waals surface area contributed by atoms with E-state index in [4.69, 9.17) is 5.73 Å². The molecule has 1 aliphatic heterocycles. The number of piperidine rings is 1. The van der Waals surface area contributed by atoms with Crippen LogP contribution in [-0.4, -0.2) is 34.9 Å². The number of nitrogens with two attached hydrogens (primary N) is 1. The van der Waals surface area contributed by atoms with Crippen molar-refractivity contribution in [2.45, 2.75) is 39.7 Å². The van der Waals surface area contributed by atoms with Gasteiger partial charge in [-0.25, -0.2) is 9.37 Å². The Morgan fingerprint density at radius 2 is 1.96 bits per heavy atom. The monoisotopic (exact) mass is 433 g/mol. The standard InChI is InChI=1S/C19H24FN3OS.2ClH/c1-12-17(18(24)23-9-8-15(21)19(2,3)11-23)25-16(22-12)10-13-4-6-14(20)7-5-13;;/h4-7,15H,8-11,21H2,1-3H3;2*1H. The molecule has 27 heavy (non-hydrogen) atoms. The molecule has 1 aromatic heterocycles. The minimum absolute atomic E-state index is 0. The first-order valence-electron chi connectivity index (χ1n) is 8.52. The van der Waals surface area contributed by atoms with Crippen molar-refractivity contribution in [2.75, 3.05) is 13.1 Å². The summed E-state index contributed by atoms with van der Waals surface area (Å²) >= 11 is 1.43. The number of carbonyl (C=O) groups excluding carboxylic acids is 1. The van der Waals surface area contributed by atoms with E-state index < -0.39 is 0 Å². The van der Waals surface area contributed by atoms with Gasteiger partial charge in [-0.1, -0.05) is 26.0 Å². The van der Waals surface area contributed by atoms with Gasteiger partial charge in [-0.3, -0.25) is 4.79 Å². The van der Waals surface area contributed by atoms with Crippen LogP contribution in [0.15, 0.2) is 24.3 Å². The van der Waals surface area contributed by atoms with Crippen LogP contribution >= 0.6 is 36.2 Å². The van der Waals surface area contributed by atoms with Crippen molar-refractivity contribution in [2.24, 2.45) is 11.1 Å². The molecule has 4 nitrogen and oxygen atoms in total. The SMILES string of the molecule is Cc1nc(Cc2ccc(F)cc2)sc1C(=O)N1CCC(N)C(C)(C)C1.Cl.Cl. The molecule has 0 saturated carbocycles. The molecule has 1 amide bonds. The van der Waals surface area contributed by atoms with Crippen LogP contribution < -0.4 is 5.73 Å². The van der Waals surface area contributed by atoms with Crippen molar-refractivity contribution in [3.8, 4) is 0 Å². The first-order chi connectivity index (χ1) is 11.8. The van der Waals surface area contributed by atoms with Crippen molar-refractivity contribution in [3.63, 3.8) is 0 Å². The van der Waals surface area contributed by atoms with E-state index in [1.165, 1.54) is 23.5 Å². The molecule has 1 aromatic carbocycles. The van der Waals surface area contributed by atoms with Gasteiger partial charge in [0.05, 0.1) is 10.7 Å². The summed E-state index contributed by atoms with van der Waals surface area (Å²) in [5, 5.41) is 0.875. The third-order valence-corrected chi connectivity index (χ3v) is 6.05. The maximum absolute atomic E-state index is 13.0. The van der Waals surface area contributed by atoms with Crippen LogP contribution in [0.25, 0.3) is 0 Å². The van der Waals surface area contributed by atoms with Gasteiger partial charge in [0.1, 0.15) is 10.7 Å². The number of hydrogen-bond donors (Lipinski definition) is 1. The Bertz CT molecular complexity index is 780. The van der Waals surface area contributed by atoms with Gasteiger partial charge in [-0.15, -0.1) is 36.2 Å². The lowest BCUT2D eigenvalue weighted by molar-refractivity contribution is 0.0536. The molecule has 0 spiro atoms. The summed E-state index contributed by atoms with van der Waals surface area (Å²) in [4.78, 5) is 20.1. The topological polar surface area (TPSA) is 59.2 Å². The molecule has 2 heterocycles. The maximum atomic E-state index is 13.0. The third kappa shape index (κ3) is 5.41. The zero-order valence-corrected chi connectivity index (χ0v) is 18.1. The summed E-state index contributed by atoms with van der Waals surface area (Å²) in [6.45, 7) is 7.44. The maximum Gasteiger partial charge on any atom is 0.265 e. The number of likely N-dealkylation sites (tertiary alicyclic amines) is 1. The van der Waals surface area contributed by atoms with E-state index >= 15 is 0 Å². The molecule has 1 fully saturated rings. The molecule has 3 rings (SSSR count). The van der Waals surface area contributed by atoms with Crippen LogP contribution in [0.4, 0.5) is 4.39 Å². The van der Waals surface area contributed by atoms with E-state index in [-0.39, 0.29) is 48.0 Å². The lowest BCUT2D eigenvalue weighted by Gasteiger charge is -2.42. The Hall–Kier alpha value is -1.21. The molecule has 1 saturated heterocycles. The van der Waals surface area contributed by atoms with E-state index in [9.17, 15) is 9.18 Å². The van der Waals surface area contributed by atoms with Gasteiger partial charge in [-0.05, 0) is 36.5 Å². The van der Waals surface area contributed by atoms with Crippen molar-refractivity contribution < 1.29 is 9.18 Å². The predicted molar refractivity (Wildman–Crippen MR) is 113 cm³/mol. The number of benzene rings is 1. The number of aromatic nitrogens is 1. The first-order valence-corrected chi connectivity index (χ1v) is 9.33. The summed E-state index contributed by atoms with van der Waals surface area (Å²) < 4.78 is 13.0. The predicted octanol–water partition coefficient (Wildman–Crippen LogP) is 4.22. The fraction of sp³-hybridized carbons (Fsp3) is 0.474. The molecule has 8 heteroatoms. The van der Waals surface area contributed by atoms with Crippen LogP contribution in [0.1, 0.15) is 46.2 Å². The van der Waals surface area contributed by atoms with Gasteiger partial charge in [0, 0.05) is 25.6 Å². The summed E-state index contributed by atoms with van der Waals surface area (Å²) in [6.07, 6.45) is 1.43. The van der Waals surface area contributed by atoms with E-state index in [2.05, 4.69) is 18.8 Å². The van der Waals surface area contributed by atoms with E-state index in [0.717, 1.165) is 22.7 Å². The second kappa shape index (κ2) is 9.32. The zero-order chi connectivity index (χ0) is 18.2. The van der Waals surface area contributed by atoms with Crippen LogP contribution in [0.3, 0.4) is 0 Å². The number of hydrogen-bond acceptors (Lipinski definition) is 4. The quantitative estimate of drug-likeness (QED) is 0.787. The normalized spacial score (nSPS) is 18.4. The molecular formula is C19H26Cl2FN3OS. The van der Waals surface area contributed by atoms with Gasteiger partial charge in [0.2, 0.25) is 0 Å². The second-order valence-corrected chi connectivity index (χ2v) is 8.52. The highest BCUT2D eigenvalue weighted by atomic mass is 35.5. The largest absolute Gasteiger partial charge is 0.337 e. The Labute approximate surface area is 176 Å². The highest BCUT2D eigenvalue weighted by Gasteiger charge is 2.36. The highest BCUT2D eigenvalue weighted by molar-refractivity contribution is 7.13. The molecule has 0 bridgehead atoms. The lowest BCUT2D eigenvalue weighted by Crippen LogP contribution is -2.53. The minimum Gasteiger partial charge on any atom is -0.337 e. The van der Waals surface area contributed by atoms with Gasteiger partial charge < -0.3 is 10.6 Å². The molecule has 1 aliphatic rings. The number of amides is 1. The van der Waals surface area contributed by atoms with E-state index in [0.29, 0.717) is 24.4 Å². The van der Waals surface area contributed by atoms with Gasteiger partial charge in [-0.2, -0.15) is 0 Å². The van der Waals surface area contributed by atoms with Crippen molar-refractivity contribution in [3.05, 3.63) is 51.2 Å². The van der Waals surface area contributed by atoms with Crippen LogP contribution in [0.2, 0.25) is 0 Å². The molecule has 0 aliphatic carbocycles. The van der Waals surface area contributed by atoms with Gasteiger partial charge in [0.15, 0.2) is 0 Å². The van der Waals surface area contributed by atoms with Crippen molar-refractivity contribution in [1.82, 2.24) is 9.88 Å². The third-order valence-electron chi connectivity index (χ3n) is 4.90. The number of aryl methyl sites for hydroxylation is 1. The number of nitrogens with zero attached hydrogens (tertiary/aromatic N) is 2. The summed E-state index contributed by atoms with van der Waals surface area (Å²) in [5.41, 5.74) is 7.84. The number of halogens is 3. The Balaban J connectivity index is 0.00000182. The van der Waals surface area contributed by atoms with Crippen LogP contribution in [-0.2, 0) is 6.42 Å². The molecule has 1 atom stereocenters. The molecule has 2 N–H and O–H groups in total. The average Bonchev–Trinajstić information content (AvgIpc) is 2.92. The number of thiazole rings is 1. The molecular weight excluding hydrogens is 408 g/mol. The van der Waals surface area contributed by atoms with Crippen LogP contribution in [0, 0.1) is 18.2 Å². The second-order valence-electron chi connectivity index (χ2n) is 7.44. The molecule has 150 valence electrons. The van der Waals surface area contributed by atoms with Crippen molar-refractivity contribution in [1.29, 1.82) is 0 Å². The fourth-order valence-electron chi connectivity index (χ4n) is 3.19.